The zero-order valence-electron chi connectivity index (χ0n) is 11.5. The number of carbonyl (C=O) groups excluding carboxylic acids is 1. The average Bonchev–Trinajstić information content (AvgIpc) is 2.21. The van der Waals surface area contributed by atoms with Crippen LogP contribution in [0.4, 0.5) is 0 Å². The molecule has 0 bridgehead atoms. The first-order chi connectivity index (χ1) is 7.38. The Morgan fingerprint density at radius 2 is 2.06 bits per heavy atom. The predicted octanol–water partition coefficient (Wildman–Crippen LogP) is 4.37. The quantitative estimate of drug-likeness (QED) is 0.648. The second-order valence-corrected chi connectivity index (χ2v) is 6.01. The van der Waals surface area contributed by atoms with E-state index < -0.39 is 0 Å². The summed E-state index contributed by atoms with van der Waals surface area (Å²) in [5, 5.41) is 0. The number of hydrogen-bond donors (Lipinski definition) is 0. The Kier molecular flexibility index (Phi) is 4.35. The molecule has 1 aliphatic rings. The predicted molar refractivity (Wildman–Crippen MR) is 69.3 cm³/mol. The van der Waals surface area contributed by atoms with Crippen molar-refractivity contribution in [3.63, 3.8) is 0 Å². The normalized spacial score (nSPS) is 30.2. The molecular formula is C15H26O. The van der Waals surface area contributed by atoms with Crippen LogP contribution in [-0.2, 0) is 4.79 Å². The summed E-state index contributed by atoms with van der Waals surface area (Å²) in [5.74, 6) is 1.58. The lowest BCUT2D eigenvalue weighted by molar-refractivity contribution is -0.115. The van der Waals surface area contributed by atoms with Crippen LogP contribution in [0.5, 0.6) is 0 Å². The van der Waals surface area contributed by atoms with E-state index in [-0.39, 0.29) is 0 Å². The highest BCUT2D eigenvalue weighted by molar-refractivity contribution is 5.94. The van der Waals surface area contributed by atoms with E-state index in [1.807, 2.05) is 13.8 Å². The molecule has 0 spiro atoms. The molecule has 2 unspecified atom stereocenters. The Hall–Kier alpha value is -0.590. The number of hydrogen-bond acceptors (Lipinski definition) is 1. The van der Waals surface area contributed by atoms with Crippen LogP contribution in [0.3, 0.4) is 0 Å². The lowest BCUT2D eigenvalue weighted by Gasteiger charge is -2.41. The van der Waals surface area contributed by atoms with Gasteiger partial charge in [0, 0.05) is 6.42 Å². The molecule has 1 fully saturated rings. The highest BCUT2D eigenvalue weighted by Crippen LogP contribution is 2.44. The van der Waals surface area contributed by atoms with E-state index in [9.17, 15) is 4.79 Å². The molecule has 0 heterocycles. The molecule has 0 aromatic carbocycles. The average molecular weight is 222 g/mol. The zero-order chi connectivity index (χ0) is 12.3. The second-order valence-electron chi connectivity index (χ2n) is 6.01. The summed E-state index contributed by atoms with van der Waals surface area (Å²) >= 11 is 0. The third-order valence-electron chi connectivity index (χ3n) is 4.19. The molecule has 1 nitrogen and oxygen atoms in total. The first-order valence-electron chi connectivity index (χ1n) is 6.60. The minimum atomic E-state index is 0.300. The van der Waals surface area contributed by atoms with Crippen LogP contribution >= 0.6 is 0 Å². The Bertz CT molecular complexity index is 286. The smallest absolute Gasteiger partial charge is 0.157 e. The lowest BCUT2D eigenvalue weighted by Crippen LogP contribution is -2.32. The summed E-state index contributed by atoms with van der Waals surface area (Å²) in [5.41, 5.74) is 1.32. The molecule has 2 atom stereocenters. The number of allylic oxidation sites excluding steroid dienone is 2. The molecule has 1 aliphatic carbocycles. The van der Waals surface area contributed by atoms with Gasteiger partial charge >= 0.3 is 0 Å². The topological polar surface area (TPSA) is 17.1 Å². The molecular weight excluding hydrogens is 196 g/mol. The molecule has 0 saturated heterocycles. The number of carbonyl (C=O) groups is 1. The molecule has 0 aromatic heterocycles. The third-order valence-corrected chi connectivity index (χ3v) is 4.19. The molecule has 0 N–H and O–H groups in total. The van der Waals surface area contributed by atoms with Crippen molar-refractivity contribution in [2.75, 3.05) is 0 Å². The van der Waals surface area contributed by atoms with Crippen molar-refractivity contribution in [2.24, 2.45) is 17.3 Å². The van der Waals surface area contributed by atoms with Gasteiger partial charge in [0.15, 0.2) is 5.78 Å². The van der Waals surface area contributed by atoms with Gasteiger partial charge in [0.1, 0.15) is 0 Å². The monoisotopic (exact) mass is 222 g/mol. The van der Waals surface area contributed by atoms with Gasteiger partial charge in [-0.3, -0.25) is 4.79 Å². The van der Waals surface area contributed by atoms with Gasteiger partial charge < -0.3 is 0 Å². The summed E-state index contributed by atoms with van der Waals surface area (Å²) in [7, 11) is 0. The Labute approximate surface area is 100 Å². The van der Waals surface area contributed by atoms with Crippen molar-refractivity contribution in [3.8, 4) is 0 Å². The van der Waals surface area contributed by atoms with Gasteiger partial charge in [-0.1, -0.05) is 46.6 Å². The fourth-order valence-electron chi connectivity index (χ4n) is 3.03. The highest BCUT2D eigenvalue weighted by Gasteiger charge is 2.35. The molecule has 0 aromatic rings. The lowest BCUT2D eigenvalue weighted by atomic mass is 9.63. The number of ketones is 1. The first kappa shape index (κ1) is 13.5. The molecule has 16 heavy (non-hydrogen) atoms. The Balaban J connectivity index is 2.87. The Morgan fingerprint density at radius 3 is 2.56 bits per heavy atom. The van der Waals surface area contributed by atoms with Gasteiger partial charge in [0.05, 0.1) is 0 Å². The summed E-state index contributed by atoms with van der Waals surface area (Å²) in [6.45, 7) is 10.9. The van der Waals surface area contributed by atoms with Crippen LogP contribution < -0.4 is 0 Å². The fourth-order valence-corrected chi connectivity index (χ4v) is 3.03. The van der Waals surface area contributed by atoms with Gasteiger partial charge in [-0.2, -0.15) is 0 Å². The van der Waals surface area contributed by atoms with Gasteiger partial charge in [-0.05, 0) is 36.2 Å². The van der Waals surface area contributed by atoms with Crippen LogP contribution in [0, 0.1) is 17.3 Å². The zero-order valence-corrected chi connectivity index (χ0v) is 11.5. The standard InChI is InChI=1S/C15H26O/c1-6-14(16)12(3)10-13-11(2)8-7-9-15(13,4)5/h10-11,13H,6-9H2,1-5H3/b12-10+. The van der Waals surface area contributed by atoms with Gasteiger partial charge in [-0.25, -0.2) is 0 Å². The van der Waals surface area contributed by atoms with Crippen LogP contribution in [0.25, 0.3) is 0 Å². The second kappa shape index (κ2) is 5.16. The van der Waals surface area contributed by atoms with E-state index in [0.29, 0.717) is 29.5 Å². The van der Waals surface area contributed by atoms with Crippen molar-refractivity contribution < 1.29 is 4.79 Å². The largest absolute Gasteiger partial charge is 0.295 e. The van der Waals surface area contributed by atoms with E-state index in [1.165, 1.54) is 19.3 Å². The molecule has 1 heteroatoms. The summed E-state index contributed by atoms with van der Waals surface area (Å²) < 4.78 is 0. The van der Waals surface area contributed by atoms with Crippen LogP contribution in [-0.4, -0.2) is 5.78 Å². The minimum absolute atomic E-state index is 0.300. The van der Waals surface area contributed by atoms with E-state index in [1.54, 1.807) is 0 Å². The third kappa shape index (κ3) is 2.96. The molecule has 0 radical (unpaired) electrons. The molecule has 1 rings (SSSR count). The van der Waals surface area contributed by atoms with Crippen molar-refractivity contribution >= 4 is 5.78 Å². The highest BCUT2D eigenvalue weighted by atomic mass is 16.1. The first-order valence-corrected chi connectivity index (χ1v) is 6.60. The molecule has 92 valence electrons. The van der Waals surface area contributed by atoms with Crippen LogP contribution in [0.1, 0.15) is 60.3 Å². The molecule has 1 saturated carbocycles. The summed E-state index contributed by atoms with van der Waals surface area (Å²) in [6, 6.07) is 0. The van der Waals surface area contributed by atoms with Crippen molar-refractivity contribution in [2.45, 2.75) is 60.3 Å². The van der Waals surface area contributed by atoms with Crippen molar-refractivity contribution in [3.05, 3.63) is 11.6 Å². The summed E-state index contributed by atoms with van der Waals surface area (Å²) in [6.07, 6.45) is 6.79. The van der Waals surface area contributed by atoms with Crippen LogP contribution in [0.15, 0.2) is 11.6 Å². The number of Topliss-reactive ketones (excluding diaryl/α,β-unsaturated/α-hetero) is 1. The number of rotatable bonds is 3. The van der Waals surface area contributed by atoms with Crippen LogP contribution in [0.2, 0.25) is 0 Å². The summed E-state index contributed by atoms with van der Waals surface area (Å²) in [4.78, 5) is 11.6. The minimum Gasteiger partial charge on any atom is -0.295 e. The Morgan fingerprint density at radius 1 is 1.44 bits per heavy atom. The van der Waals surface area contributed by atoms with E-state index >= 15 is 0 Å². The molecule has 0 amide bonds. The van der Waals surface area contributed by atoms with E-state index in [2.05, 4.69) is 26.8 Å². The maximum absolute atomic E-state index is 11.6. The van der Waals surface area contributed by atoms with Gasteiger partial charge in [0.2, 0.25) is 0 Å². The SMILES string of the molecule is CCC(=O)/C(C)=C/C1C(C)CCCC1(C)C. The van der Waals surface area contributed by atoms with E-state index in [0.717, 1.165) is 5.57 Å². The maximum atomic E-state index is 11.6. The van der Waals surface area contributed by atoms with Crippen molar-refractivity contribution in [1.29, 1.82) is 0 Å². The van der Waals surface area contributed by atoms with Crippen molar-refractivity contribution in [1.82, 2.24) is 0 Å². The maximum Gasteiger partial charge on any atom is 0.157 e. The molecule has 0 aliphatic heterocycles. The fraction of sp³-hybridized carbons (Fsp3) is 0.800. The van der Waals surface area contributed by atoms with Gasteiger partial charge in [-0.15, -0.1) is 0 Å². The van der Waals surface area contributed by atoms with Gasteiger partial charge in [0.25, 0.3) is 0 Å². The van der Waals surface area contributed by atoms with E-state index in [4.69, 9.17) is 0 Å².